The van der Waals surface area contributed by atoms with Gasteiger partial charge in [0.15, 0.2) is 0 Å². The third kappa shape index (κ3) is 3.59. The Bertz CT molecular complexity index is 387. The standard InChI is InChI=1S/C14H24N4/c1-4-5-6-10(2)16-13-9-12(15-3)17-14(18-13)11-7-8-11/h9-11H,4-8H2,1-3H3,(H2,15,16,17,18). The second-order valence-corrected chi connectivity index (χ2v) is 5.21. The van der Waals surface area contributed by atoms with Crippen LogP contribution in [0.15, 0.2) is 6.07 Å². The predicted molar refractivity (Wildman–Crippen MR) is 76.2 cm³/mol. The van der Waals surface area contributed by atoms with Gasteiger partial charge in [-0.2, -0.15) is 0 Å². The molecule has 2 N–H and O–H groups in total. The Kier molecular flexibility index (Phi) is 4.39. The molecule has 18 heavy (non-hydrogen) atoms. The van der Waals surface area contributed by atoms with E-state index >= 15 is 0 Å². The van der Waals surface area contributed by atoms with E-state index in [9.17, 15) is 0 Å². The molecule has 1 fully saturated rings. The van der Waals surface area contributed by atoms with E-state index < -0.39 is 0 Å². The van der Waals surface area contributed by atoms with Crippen LogP contribution in [0, 0.1) is 0 Å². The van der Waals surface area contributed by atoms with Crippen LogP contribution in [0.5, 0.6) is 0 Å². The molecule has 0 saturated heterocycles. The van der Waals surface area contributed by atoms with Gasteiger partial charge in [0.25, 0.3) is 0 Å². The summed E-state index contributed by atoms with van der Waals surface area (Å²) < 4.78 is 0. The third-order valence-electron chi connectivity index (χ3n) is 3.33. The molecule has 2 rings (SSSR count). The molecule has 1 heterocycles. The van der Waals surface area contributed by atoms with Crippen LogP contribution in [-0.4, -0.2) is 23.1 Å². The van der Waals surface area contributed by atoms with E-state index in [1.54, 1.807) is 0 Å². The summed E-state index contributed by atoms with van der Waals surface area (Å²) in [7, 11) is 1.91. The lowest BCUT2D eigenvalue weighted by Crippen LogP contribution is -2.16. The first-order valence-electron chi connectivity index (χ1n) is 7.06. The maximum Gasteiger partial charge on any atom is 0.136 e. The van der Waals surface area contributed by atoms with Crippen LogP contribution in [0.4, 0.5) is 11.6 Å². The number of rotatable bonds is 7. The zero-order valence-electron chi connectivity index (χ0n) is 11.7. The molecule has 1 atom stereocenters. The topological polar surface area (TPSA) is 49.8 Å². The van der Waals surface area contributed by atoms with Gasteiger partial charge in [-0.3, -0.25) is 0 Å². The summed E-state index contributed by atoms with van der Waals surface area (Å²) >= 11 is 0. The number of unbranched alkanes of at least 4 members (excludes halogenated alkanes) is 1. The fraction of sp³-hybridized carbons (Fsp3) is 0.714. The Hall–Kier alpha value is -1.32. The van der Waals surface area contributed by atoms with Gasteiger partial charge < -0.3 is 10.6 Å². The van der Waals surface area contributed by atoms with Gasteiger partial charge >= 0.3 is 0 Å². The molecule has 1 aliphatic carbocycles. The molecule has 1 unspecified atom stereocenters. The van der Waals surface area contributed by atoms with Crippen LogP contribution in [0.25, 0.3) is 0 Å². The Morgan fingerprint density at radius 1 is 1.33 bits per heavy atom. The Balaban J connectivity index is 2.04. The zero-order chi connectivity index (χ0) is 13.0. The number of hydrogen-bond donors (Lipinski definition) is 2. The highest BCUT2D eigenvalue weighted by atomic mass is 15.1. The van der Waals surface area contributed by atoms with Crippen molar-refractivity contribution in [2.45, 2.75) is 57.9 Å². The van der Waals surface area contributed by atoms with Crippen LogP contribution in [0.2, 0.25) is 0 Å². The van der Waals surface area contributed by atoms with Crippen molar-refractivity contribution in [2.75, 3.05) is 17.7 Å². The summed E-state index contributed by atoms with van der Waals surface area (Å²) in [6.45, 7) is 4.44. The van der Waals surface area contributed by atoms with Gasteiger partial charge in [0.2, 0.25) is 0 Å². The summed E-state index contributed by atoms with van der Waals surface area (Å²) in [4.78, 5) is 9.15. The van der Waals surface area contributed by atoms with Crippen LogP contribution in [0.1, 0.15) is 57.7 Å². The fourth-order valence-electron chi connectivity index (χ4n) is 2.03. The maximum absolute atomic E-state index is 4.63. The normalized spacial score (nSPS) is 16.4. The first-order chi connectivity index (χ1) is 8.72. The van der Waals surface area contributed by atoms with Crippen molar-refractivity contribution in [3.63, 3.8) is 0 Å². The minimum absolute atomic E-state index is 0.469. The molecule has 1 aromatic heterocycles. The first-order valence-corrected chi connectivity index (χ1v) is 7.06. The molecule has 1 aromatic rings. The number of nitrogens with zero attached hydrogens (tertiary/aromatic N) is 2. The maximum atomic E-state index is 4.63. The summed E-state index contributed by atoms with van der Waals surface area (Å²) in [5.41, 5.74) is 0. The van der Waals surface area contributed by atoms with Gasteiger partial charge in [0, 0.05) is 25.1 Å². The number of anilines is 2. The highest BCUT2D eigenvalue weighted by molar-refractivity contribution is 5.48. The van der Waals surface area contributed by atoms with Crippen molar-refractivity contribution in [1.82, 2.24) is 9.97 Å². The molecule has 1 saturated carbocycles. The molecule has 100 valence electrons. The highest BCUT2D eigenvalue weighted by Crippen LogP contribution is 2.38. The molecule has 0 spiro atoms. The predicted octanol–water partition coefficient (Wildman–Crippen LogP) is 3.39. The lowest BCUT2D eigenvalue weighted by Gasteiger charge is -2.15. The van der Waals surface area contributed by atoms with E-state index in [0.717, 1.165) is 17.5 Å². The lowest BCUT2D eigenvalue weighted by molar-refractivity contribution is 0.642. The Morgan fingerprint density at radius 2 is 2.06 bits per heavy atom. The van der Waals surface area contributed by atoms with Crippen molar-refractivity contribution in [2.24, 2.45) is 0 Å². The van der Waals surface area contributed by atoms with Gasteiger partial charge in [-0.05, 0) is 26.2 Å². The quantitative estimate of drug-likeness (QED) is 0.776. The fourth-order valence-corrected chi connectivity index (χ4v) is 2.03. The molecule has 0 amide bonds. The van der Waals surface area contributed by atoms with E-state index in [4.69, 9.17) is 0 Å². The molecule has 0 radical (unpaired) electrons. The smallest absolute Gasteiger partial charge is 0.136 e. The Labute approximate surface area is 110 Å². The zero-order valence-corrected chi connectivity index (χ0v) is 11.7. The van der Waals surface area contributed by atoms with Gasteiger partial charge in [-0.25, -0.2) is 9.97 Å². The van der Waals surface area contributed by atoms with E-state index in [1.165, 1.54) is 32.1 Å². The Morgan fingerprint density at radius 3 is 2.67 bits per heavy atom. The van der Waals surface area contributed by atoms with Crippen molar-refractivity contribution < 1.29 is 0 Å². The monoisotopic (exact) mass is 248 g/mol. The van der Waals surface area contributed by atoms with E-state index in [0.29, 0.717) is 12.0 Å². The molecule has 1 aliphatic rings. The second kappa shape index (κ2) is 6.03. The van der Waals surface area contributed by atoms with Gasteiger partial charge in [0.05, 0.1) is 0 Å². The van der Waals surface area contributed by atoms with Crippen molar-refractivity contribution in [3.05, 3.63) is 11.9 Å². The molecule has 4 heteroatoms. The number of aromatic nitrogens is 2. The van der Waals surface area contributed by atoms with Crippen molar-refractivity contribution in [1.29, 1.82) is 0 Å². The summed E-state index contributed by atoms with van der Waals surface area (Å²) in [5, 5.41) is 6.60. The van der Waals surface area contributed by atoms with Crippen molar-refractivity contribution >= 4 is 11.6 Å². The molecule has 0 aliphatic heterocycles. The molecule has 0 bridgehead atoms. The molecular formula is C14H24N4. The lowest BCUT2D eigenvalue weighted by atomic mass is 10.1. The molecule has 4 nitrogen and oxygen atoms in total. The average molecular weight is 248 g/mol. The van der Waals surface area contributed by atoms with Crippen LogP contribution >= 0.6 is 0 Å². The van der Waals surface area contributed by atoms with Gasteiger partial charge in [0.1, 0.15) is 17.5 Å². The second-order valence-electron chi connectivity index (χ2n) is 5.21. The summed E-state index contributed by atoms with van der Waals surface area (Å²) in [6.07, 6.45) is 6.16. The summed E-state index contributed by atoms with van der Waals surface area (Å²) in [5.74, 6) is 3.45. The van der Waals surface area contributed by atoms with Crippen LogP contribution in [0.3, 0.4) is 0 Å². The largest absolute Gasteiger partial charge is 0.373 e. The number of nitrogens with one attached hydrogen (secondary N) is 2. The van der Waals surface area contributed by atoms with E-state index in [-0.39, 0.29) is 0 Å². The minimum Gasteiger partial charge on any atom is -0.373 e. The SMILES string of the molecule is CCCCC(C)Nc1cc(NC)nc(C2CC2)n1. The minimum atomic E-state index is 0.469. The van der Waals surface area contributed by atoms with Crippen LogP contribution < -0.4 is 10.6 Å². The molecule has 0 aromatic carbocycles. The van der Waals surface area contributed by atoms with Gasteiger partial charge in [-0.15, -0.1) is 0 Å². The first kappa shape index (κ1) is 13.1. The number of hydrogen-bond acceptors (Lipinski definition) is 4. The average Bonchev–Trinajstić information content (AvgIpc) is 3.20. The summed E-state index contributed by atoms with van der Waals surface area (Å²) in [6, 6.07) is 2.46. The van der Waals surface area contributed by atoms with E-state index in [1.807, 2.05) is 13.1 Å². The third-order valence-corrected chi connectivity index (χ3v) is 3.33. The van der Waals surface area contributed by atoms with Crippen LogP contribution in [-0.2, 0) is 0 Å². The van der Waals surface area contributed by atoms with Crippen molar-refractivity contribution in [3.8, 4) is 0 Å². The van der Waals surface area contributed by atoms with E-state index in [2.05, 4.69) is 34.4 Å². The van der Waals surface area contributed by atoms with Gasteiger partial charge in [-0.1, -0.05) is 19.8 Å². The highest BCUT2D eigenvalue weighted by Gasteiger charge is 2.27. The molecular weight excluding hydrogens is 224 g/mol.